The summed E-state index contributed by atoms with van der Waals surface area (Å²) in [6.45, 7) is 3.93. The van der Waals surface area contributed by atoms with E-state index in [4.69, 9.17) is 5.26 Å². The highest BCUT2D eigenvalue weighted by molar-refractivity contribution is 7.25. The normalized spacial score (nSPS) is 10.9. The fourth-order valence-electron chi connectivity index (χ4n) is 2.15. The van der Waals surface area contributed by atoms with Crippen molar-refractivity contribution in [2.24, 2.45) is 0 Å². The van der Waals surface area contributed by atoms with Gasteiger partial charge in [0.2, 0.25) is 5.43 Å². The van der Waals surface area contributed by atoms with Crippen molar-refractivity contribution in [3.8, 4) is 6.07 Å². The molecule has 0 aliphatic heterocycles. The Kier molecular flexibility index (Phi) is 2.22. The Labute approximate surface area is 107 Å². The highest BCUT2D eigenvalue weighted by Crippen LogP contribution is 2.31. The predicted molar refractivity (Wildman–Crippen MR) is 71.9 cm³/mol. The van der Waals surface area contributed by atoms with Crippen LogP contribution in [0, 0.1) is 25.2 Å². The Hall–Kier alpha value is -2.19. The SMILES string of the molecule is Cc1cc(C)c2c(n1)sc1c(=O)c(C#N)c[nH]c12. The molecule has 0 saturated carbocycles. The first-order valence-corrected chi connectivity index (χ1v) is 6.25. The third-order valence-electron chi connectivity index (χ3n) is 2.92. The van der Waals surface area contributed by atoms with Crippen molar-refractivity contribution in [1.82, 2.24) is 9.97 Å². The molecule has 0 atom stereocenters. The van der Waals surface area contributed by atoms with Crippen molar-refractivity contribution in [3.63, 3.8) is 0 Å². The number of aromatic amines is 1. The summed E-state index contributed by atoms with van der Waals surface area (Å²) in [5.74, 6) is 0. The molecule has 3 aromatic heterocycles. The molecule has 5 heteroatoms. The molecule has 0 fully saturated rings. The molecule has 0 aliphatic rings. The van der Waals surface area contributed by atoms with Crippen LogP contribution in [0.2, 0.25) is 0 Å². The van der Waals surface area contributed by atoms with Crippen molar-refractivity contribution in [2.75, 3.05) is 0 Å². The molecule has 18 heavy (non-hydrogen) atoms. The minimum absolute atomic E-state index is 0.142. The summed E-state index contributed by atoms with van der Waals surface area (Å²) in [6.07, 6.45) is 1.47. The summed E-state index contributed by atoms with van der Waals surface area (Å²) >= 11 is 1.34. The standard InChI is InChI=1S/C13H9N3OS/c1-6-3-7(2)16-13-9(6)10-12(18-13)11(17)8(4-14)5-15-10/h3,5H,1-2H3,(H,15,17). The molecule has 88 valence electrons. The van der Waals surface area contributed by atoms with Gasteiger partial charge in [0.1, 0.15) is 21.2 Å². The van der Waals surface area contributed by atoms with Crippen LogP contribution in [0.25, 0.3) is 20.4 Å². The molecule has 0 aromatic carbocycles. The van der Waals surface area contributed by atoms with Crippen LogP contribution in [-0.2, 0) is 0 Å². The minimum atomic E-state index is -0.216. The van der Waals surface area contributed by atoms with E-state index in [0.717, 1.165) is 27.0 Å². The van der Waals surface area contributed by atoms with Gasteiger partial charge in [-0.15, -0.1) is 11.3 Å². The zero-order valence-corrected chi connectivity index (χ0v) is 10.7. The van der Waals surface area contributed by atoms with E-state index in [1.54, 1.807) is 0 Å². The number of aryl methyl sites for hydroxylation is 2. The lowest BCUT2D eigenvalue weighted by Gasteiger charge is -1.98. The summed E-state index contributed by atoms with van der Waals surface area (Å²) in [6, 6.07) is 3.89. The van der Waals surface area contributed by atoms with Crippen molar-refractivity contribution in [3.05, 3.63) is 39.3 Å². The van der Waals surface area contributed by atoms with Gasteiger partial charge in [-0.1, -0.05) is 0 Å². The lowest BCUT2D eigenvalue weighted by atomic mass is 10.1. The van der Waals surface area contributed by atoms with Crippen LogP contribution in [0.5, 0.6) is 0 Å². The number of hydrogen-bond donors (Lipinski definition) is 1. The smallest absolute Gasteiger partial charge is 0.217 e. The second-order valence-corrected chi connectivity index (χ2v) is 5.21. The zero-order valence-electron chi connectivity index (χ0n) is 9.87. The molecule has 0 spiro atoms. The molecule has 0 unspecified atom stereocenters. The third-order valence-corrected chi connectivity index (χ3v) is 4.00. The van der Waals surface area contributed by atoms with Gasteiger partial charge < -0.3 is 4.98 Å². The molecule has 0 amide bonds. The van der Waals surface area contributed by atoms with Crippen LogP contribution in [0.4, 0.5) is 0 Å². The molecule has 3 rings (SSSR count). The molecule has 1 N–H and O–H groups in total. The second-order valence-electron chi connectivity index (χ2n) is 4.21. The van der Waals surface area contributed by atoms with Gasteiger partial charge in [-0.05, 0) is 25.5 Å². The lowest BCUT2D eigenvalue weighted by Crippen LogP contribution is -2.04. The molecular weight excluding hydrogens is 246 g/mol. The highest BCUT2D eigenvalue weighted by Gasteiger charge is 2.14. The monoisotopic (exact) mass is 255 g/mol. The number of hydrogen-bond acceptors (Lipinski definition) is 4. The Morgan fingerprint density at radius 1 is 1.44 bits per heavy atom. The van der Waals surface area contributed by atoms with E-state index in [0.29, 0.717) is 4.70 Å². The zero-order chi connectivity index (χ0) is 12.9. The Morgan fingerprint density at radius 3 is 2.94 bits per heavy atom. The Bertz CT molecular complexity index is 883. The van der Waals surface area contributed by atoms with Crippen LogP contribution >= 0.6 is 11.3 Å². The lowest BCUT2D eigenvalue weighted by molar-refractivity contribution is 1.25. The van der Waals surface area contributed by atoms with E-state index >= 15 is 0 Å². The molecule has 0 saturated heterocycles. The van der Waals surface area contributed by atoms with Crippen LogP contribution in [0.15, 0.2) is 17.1 Å². The van der Waals surface area contributed by atoms with Crippen LogP contribution in [-0.4, -0.2) is 9.97 Å². The molecule has 4 nitrogen and oxygen atoms in total. The molecule has 3 heterocycles. The average Bonchev–Trinajstić information content (AvgIpc) is 2.69. The van der Waals surface area contributed by atoms with Gasteiger partial charge in [0, 0.05) is 17.3 Å². The number of fused-ring (bicyclic) bond motifs is 3. The number of rotatable bonds is 0. The highest BCUT2D eigenvalue weighted by atomic mass is 32.1. The summed E-state index contributed by atoms with van der Waals surface area (Å²) in [4.78, 5) is 20.4. The molecule has 3 aromatic rings. The predicted octanol–water partition coefficient (Wildman–Crippen LogP) is 2.63. The molecule has 0 bridgehead atoms. The van der Waals surface area contributed by atoms with Gasteiger partial charge >= 0.3 is 0 Å². The number of nitrogens with zero attached hydrogens (tertiary/aromatic N) is 2. The van der Waals surface area contributed by atoms with Crippen molar-refractivity contribution in [1.29, 1.82) is 5.26 Å². The van der Waals surface area contributed by atoms with E-state index in [9.17, 15) is 4.79 Å². The van der Waals surface area contributed by atoms with Crippen LogP contribution in [0.1, 0.15) is 16.8 Å². The largest absolute Gasteiger partial charge is 0.358 e. The van der Waals surface area contributed by atoms with E-state index in [1.807, 2.05) is 26.0 Å². The Balaban J connectivity index is 2.61. The first-order valence-electron chi connectivity index (χ1n) is 5.44. The summed E-state index contributed by atoms with van der Waals surface area (Å²) < 4.78 is 0.574. The fourth-order valence-corrected chi connectivity index (χ4v) is 3.37. The van der Waals surface area contributed by atoms with Crippen molar-refractivity contribution < 1.29 is 0 Å². The third kappa shape index (κ3) is 1.36. The van der Waals surface area contributed by atoms with Crippen molar-refractivity contribution >= 4 is 31.8 Å². The van der Waals surface area contributed by atoms with Crippen LogP contribution in [0.3, 0.4) is 0 Å². The summed E-state index contributed by atoms with van der Waals surface area (Å²) in [5, 5.41) is 9.84. The first-order chi connectivity index (χ1) is 8.61. The number of nitrogens with one attached hydrogen (secondary N) is 1. The van der Waals surface area contributed by atoms with E-state index < -0.39 is 0 Å². The van der Waals surface area contributed by atoms with E-state index in [2.05, 4.69) is 9.97 Å². The van der Waals surface area contributed by atoms with Gasteiger partial charge in [-0.25, -0.2) is 4.98 Å². The number of aromatic nitrogens is 2. The number of thiophene rings is 1. The Morgan fingerprint density at radius 2 is 2.22 bits per heavy atom. The van der Waals surface area contributed by atoms with Crippen LogP contribution < -0.4 is 5.43 Å². The van der Waals surface area contributed by atoms with Gasteiger partial charge in [-0.2, -0.15) is 5.26 Å². The van der Waals surface area contributed by atoms with E-state index in [-0.39, 0.29) is 11.0 Å². The van der Waals surface area contributed by atoms with Gasteiger partial charge in [0.05, 0.1) is 5.52 Å². The first kappa shape index (κ1) is 10.9. The fraction of sp³-hybridized carbons (Fsp3) is 0.154. The second kappa shape index (κ2) is 3.65. The number of nitriles is 1. The maximum Gasteiger partial charge on any atom is 0.217 e. The summed E-state index contributed by atoms with van der Waals surface area (Å²) in [7, 11) is 0. The van der Waals surface area contributed by atoms with Crippen molar-refractivity contribution in [2.45, 2.75) is 13.8 Å². The molecular formula is C13H9N3OS. The number of H-pyrrole nitrogens is 1. The quantitative estimate of drug-likeness (QED) is 0.671. The maximum absolute atomic E-state index is 12.1. The molecule has 0 radical (unpaired) electrons. The average molecular weight is 255 g/mol. The minimum Gasteiger partial charge on any atom is -0.358 e. The molecule has 0 aliphatic carbocycles. The van der Waals surface area contributed by atoms with Gasteiger partial charge in [0.15, 0.2) is 0 Å². The topological polar surface area (TPSA) is 69.5 Å². The number of pyridine rings is 2. The summed E-state index contributed by atoms with van der Waals surface area (Å²) in [5.41, 5.74) is 2.72. The van der Waals surface area contributed by atoms with E-state index in [1.165, 1.54) is 17.5 Å². The van der Waals surface area contributed by atoms with Gasteiger partial charge in [0.25, 0.3) is 0 Å². The maximum atomic E-state index is 12.1. The van der Waals surface area contributed by atoms with Gasteiger partial charge in [-0.3, -0.25) is 4.79 Å².